The van der Waals surface area contributed by atoms with E-state index in [4.69, 9.17) is 9.15 Å². The summed E-state index contributed by atoms with van der Waals surface area (Å²) < 4.78 is 10.9. The molecule has 3 rings (SSSR count). The highest BCUT2D eigenvalue weighted by Gasteiger charge is 2.17. The van der Waals surface area contributed by atoms with Crippen LogP contribution in [-0.2, 0) is 11.2 Å². The Morgan fingerprint density at radius 3 is 2.54 bits per heavy atom. The Morgan fingerprint density at radius 2 is 1.93 bits per heavy atom. The van der Waals surface area contributed by atoms with Gasteiger partial charge in [-0.15, -0.1) is 10.2 Å². The number of nitrogens with one attached hydrogen (secondary N) is 1. The largest absolute Gasteiger partial charge is 0.444 e. The van der Waals surface area contributed by atoms with Crippen LogP contribution in [0.1, 0.15) is 37.8 Å². The van der Waals surface area contributed by atoms with Crippen molar-refractivity contribution in [3.63, 3.8) is 0 Å². The minimum Gasteiger partial charge on any atom is -0.444 e. The van der Waals surface area contributed by atoms with Crippen molar-refractivity contribution in [2.24, 2.45) is 0 Å². The first kappa shape index (κ1) is 19.3. The van der Waals surface area contributed by atoms with Crippen molar-refractivity contribution in [3.05, 3.63) is 66.2 Å². The second-order valence-electron chi connectivity index (χ2n) is 7.18. The predicted octanol–water partition coefficient (Wildman–Crippen LogP) is 4.71. The summed E-state index contributed by atoms with van der Waals surface area (Å²) in [5.74, 6) is 1.26. The Bertz CT molecular complexity index is 955. The van der Waals surface area contributed by atoms with Crippen LogP contribution < -0.4 is 5.32 Å². The van der Waals surface area contributed by atoms with E-state index in [1.807, 2.05) is 24.3 Å². The number of hydrogen-bond donors (Lipinski definition) is 1. The van der Waals surface area contributed by atoms with Gasteiger partial charge < -0.3 is 9.15 Å². The van der Waals surface area contributed by atoms with Crippen LogP contribution in [-0.4, -0.2) is 26.9 Å². The number of amides is 1. The molecule has 0 unspecified atom stereocenters. The predicted molar refractivity (Wildman–Crippen MR) is 107 cm³/mol. The molecule has 0 radical (unpaired) electrons. The summed E-state index contributed by atoms with van der Waals surface area (Å²) in [7, 11) is 0. The number of anilines is 1. The number of rotatable bonds is 5. The minimum absolute atomic E-state index is 0.369. The van der Waals surface area contributed by atoms with Gasteiger partial charge in [0.1, 0.15) is 11.4 Å². The number of carbonyl (C=O) groups is 1. The van der Waals surface area contributed by atoms with Gasteiger partial charge in [-0.25, -0.2) is 9.78 Å². The third kappa shape index (κ3) is 5.26. The summed E-state index contributed by atoms with van der Waals surface area (Å²) in [5, 5.41) is 10.7. The van der Waals surface area contributed by atoms with E-state index in [1.165, 1.54) is 0 Å². The smallest absolute Gasteiger partial charge is 0.413 e. The number of pyridine rings is 1. The monoisotopic (exact) mass is 378 g/mol. The van der Waals surface area contributed by atoms with Gasteiger partial charge in [-0.1, -0.05) is 36.9 Å². The average Bonchev–Trinajstić information content (AvgIpc) is 3.10. The van der Waals surface area contributed by atoms with Crippen LogP contribution in [0.4, 0.5) is 10.6 Å². The molecule has 2 heterocycles. The molecule has 0 aliphatic rings. The van der Waals surface area contributed by atoms with Gasteiger partial charge in [-0.05, 0) is 44.0 Å². The zero-order valence-electron chi connectivity index (χ0n) is 16.1. The SMILES string of the molecule is C=Cc1ccc(Cc2nnc(-c3ccc(NC(=O)OC(C)(C)C)nc3)o2)cc1. The fraction of sp³-hybridized carbons (Fsp3) is 0.238. The molecular formula is C21H22N4O3. The molecule has 1 aromatic carbocycles. The van der Waals surface area contributed by atoms with Gasteiger partial charge in [-0.2, -0.15) is 0 Å². The first-order valence-electron chi connectivity index (χ1n) is 8.82. The van der Waals surface area contributed by atoms with E-state index in [0.717, 1.165) is 11.1 Å². The lowest BCUT2D eigenvalue weighted by Gasteiger charge is -2.19. The average molecular weight is 378 g/mol. The van der Waals surface area contributed by atoms with Crippen LogP contribution in [0, 0.1) is 0 Å². The van der Waals surface area contributed by atoms with Gasteiger partial charge in [-0.3, -0.25) is 5.32 Å². The standard InChI is InChI=1S/C21H22N4O3/c1-5-14-6-8-15(9-7-14)12-18-24-25-19(27-18)16-10-11-17(22-13-16)23-20(26)28-21(2,3)4/h5-11,13H,1,12H2,2-4H3,(H,22,23,26). The molecule has 0 aliphatic carbocycles. The number of ether oxygens (including phenoxy) is 1. The molecule has 0 bridgehead atoms. The molecule has 7 heteroatoms. The van der Waals surface area contributed by atoms with Gasteiger partial charge in [0, 0.05) is 6.20 Å². The van der Waals surface area contributed by atoms with E-state index in [0.29, 0.717) is 29.6 Å². The molecule has 0 saturated carbocycles. The topological polar surface area (TPSA) is 90.1 Å². The van der Waals surface area contributed by atoms with Crippen molar-refractivity contribution in [2.75, 3.05) is 5.32 Å². The van der Waals surface area contributed by atoms with Gasteiger partial charge in [0.25, 0.3) is 0 Å². The van der Waals surface area contributed by atoms with Gasteiger partial charge >= 0.3 is 6.09 Å². The molecule has 1 N–H and O–H groups in total. The Balaban J connectivity index is 1.64. The van der Waals surface area contributed by atoms with Crippen molar-refractivity contribution in [1.29, 1.82) is 0 Å². The zero-order chi connectivity index (χ0) is 20.1. The van der Waals surface area contributed by atoms with E-state index in [2.05, 4.69) is 27.1 Å². The maximum atomic E-state index is 11.8. The maximum absolute atomic E-state index is 11.8. The third-order valence-electron chi connectivity index (χ3n) is 3.68. The van der Waals surface area contributed by atoms with E-state index >= 15 is 0 Å². The van der Waals surface area contributed by atoms with Gasteiger partial charge in [0.15, 0.2) is 0 Å². The van der Waals surface area contributed by atoms with Crippen molar-refractivity contribution in [3.8, 4) is 11.5 Å². The summed E-state index contributed by atoms with van der Waals surface area (Å²) in [6.07, 6.45) is 3.33. The zero-order valence-corrected chi connectivity index (χ0v) is 16.1. The fourth-order valence-corrected chi connectivity index (χ4v) is 2.39. The molecule has 3 aromatic rings. The summed E-state index contributed by atoms with van der Waals surface area (Å²) in [6.45, 7) is 9.13. The third-order valence-corrected chi connectivity index (χ3v) is 3.68. The molecule has 1 amide bonds. The Labute approximate surface area is 163 Å². The fourth-order valence-electron chi connectivity index (χ4n) is 2.39. The highest BCUT2D eigenvalue weighted by molar-refractivity contribution is 5.83. The summed E-state index contributed by atoms with van der Waals surface area (Å²) in [6, 6.07) is 11.4. The number of nitrogens with zero attached hydrogens (tertiary/aromatic N) is 3. The summed E-state index contributed by atoms with van der Waals surface area (Å²) in [5.41, 5.74) is 2.21. The first-order chi connectivity index (χ1) is 13.3. The van der Waals surface area contributed by atoms with E-state index < -0.39 is 11.7 Å². The normalized spacial score (nSPS) is 11.1. The summed E-state index contributed by atoms with van der Waals surface area (Å²) in [4.78, 5) is 16.0. The highest BCUT2D eigenvalue weighted by atomic mass is 16.6. The molecule has 28 heavy (non-hydrogen) atoms. The molecule has 0 aliphatic heterocycles. The number of hydrogen-bond acceptors (Lipinski definition) is 6. The quantitative estimate of drug-likeness (QED) is 0.691. The molecular weight excluding hydrogens is 356 g/mol. The molecule has 0 saturated heterocycles. The van der Waals surface area contributed by atoms with Crippen molar-refractivity contribution in [1.82, 2.24) is 15.2 Å². The molecule has 0 fully saturated rings. The van der Waals surface area contributed by atoms with Crippen LogP contribution >= 0.6 is 0 Å². The van der Waals surface area contributed by atoms with E-state index in [-0.39, 0.29) is 0 Å². The molecule has 144 valence electrons. The van der Waals surface area contributed by atoms with Crippen LogP contribution in [0.2, 0.25) is 0 Å². The lowest BCUT2D eigenvalue weighted by atomic mass is 10.1. The number of benzene rings is 1. The van der Waals surface area contributed by atoms with Crippen LogP contribution in [0.5, 0.6) is 0 Å². The Hall–Kier alpha value is -3.48. The summed E-state index contributed by atoms with van der Waals surface area (Å²) >= 11 is 0. The van der Waals surface area contributed by atoms with Crippen molar-refractivity contribution < 1.29 is 13.9 Å². The second kappa shape index (κ2) is 8.04. The molecule has 0 spiro atoms. The lowest BCUT2D eigenvalue weighted by molar-refractivity contribution is 0.0635. The Kier molecular flexibility index (Phi) is 5.54. The number of aromatic nitrogens is 3. The van der Waals surface area contributed by atoms with Crippen LogP contribution in [0.25, 0.3) is 17.5 Å². The van der Waals surface area contributed by atoms with Gasteiger partial charge in [0.05, 0.1) is 12.0 Å². The van der Waals surface area contributed by atoms with E-state index in [9.17, 15) is 4.79 Å². The maximum Gasteiger partial charge on any atom is 0.413 e. The molecule has 0 atom stereocenters. The van der Waals surface area contributed by atoms with Gasteiger partial charge in [0.2, 0.25) is 11.8 Å². The van der Waals surface area contributed by atoms with Crippen molar-refractivity contribution >= 4 is 18.0 Å². The molecule has 7 nitrogen and oxygen atoms in total. The van der Waals surface area contributed by atoms with Crippen molar-refractivity contribution in [2.45, 2.75) is 32.8 Å². The van der Waals surface area contributed by atoms with Crippen LogP contribution in [0.3, 0.4) is 0 Å². The highest BCUT2D eigenvalue weighted by Crippen LogP contribution is 2.20. The van der Waals surface area contributed by atoms with E-state index in [1.54, 1.807) is 45.2 Å². The lowest BCUT2D eigenvalue weighted by Crippen LogP contribution is -2.27. The first-order valence-corrected chi connectivity index (χ1v) is 8.82. The molecule has 2 aromatic heterocycles. The van der Waals surface area contributed by atoms with Crippen LogP contribution in [0.15, 0.2) is 53.6 Å². The number of carbonyl (C=O) groups excluding carboxylic acids is 1. The minimum atomic E-state index is -0.573. The second-order valence-corrected chi connectivity index (χ2v) is 7.18. The Morgan fingerprint density at radius 1 is 1.18 bits per heavy atom.